The molecule has 1 unspecified atom stereocenters. The van der Waals surface area contributed by atoms with E-state index in [4.69, 9.17) is 13.9 Å². The number of fused-ring (bicyclic) bond motifs is 1. The number of ether oxygens (including phenoxy) is 2. The van der Waals surface area contributed by atoms with Gasteiger partial charge in [0.15, 0.2) is 16.9 Å². The van der Waals surface area contributed by atoms with Gasteiger partial charge in [0.2, 0.25) is 0 Å². The highest BCUT2D eigenvalue weighted by Crippen LogP contribution is 2.35. The van der Waals surface area contributed by atoms with E-state index in [0.29, 0.717) is 22.8 Å². The van der Waals surface area contributed by atoms with Crippen molar-refractivity contribution in [1.82, 2.24) is 0 Å². The van der Waals surface area contributed by atoms with Crippen LogP contribution in [-0.4, -0.2) is 23.4 Å². The minimum atomic E-state index is -0.406. The van der Waals surface area contributed by atoms with E-state index in [1.807, 2.05) is 25.1 Å². The van der Waals surface area contributed by atoms with Gasteiger partial charge in [-0.05, 0) is 49.9 Å². The molecule has 0 aliphatic carbocycles. The zero-order chi connectivity index (χ0) is 23.4. The van der Waals surface area contributed by atoms with E-state index in [2.05, 4.69) is 12.1 Å². The molecule has 0 saturated heterocycles. The van der Waals surface area contributed by atoms with Crippen LogP contribution in [0.25, 0.3) is 22.3 Å². The molecule has 1 heterocycles. The summed E-state index contributed by atoms with van der Waals surface area (Å²) in [5, 5.41) is 19.8. The molecule has 0 aliphatic rings. The average Bonchev–Trinajstić information content (AvgIpc) is 2.79. The Morgan fingerprint density at radius 3 is 2.52 bits per heavy atom. The Morgan fingerprint density at radius 2 is 1.76 bits per heavy atom. The first-order chi connectivity index (χ1) is 15.9. The summed E-state index contributed by atoms with van der Waals surface area (Å²) < 4.78 is 17.4. The zero-order valence-corrected chi connectivity index (χ0v) is 18.6. The van der Waals surface area contributed by atoms with Crippen molar-refractivity contribution in [3.8, 4) is 34.3 Å². The Hall–Kier alpha value is -3.93. The van der Waals surface area contributed by atoms with E-state index in [9.17, 15) is 15.0 Å². The topological polar surface area (TPSA) is 89.1 Å². The predicted molar refractivity (Wildman–Crippen MR) is 127 cm³/mol. The Morgan fingerprint density at radius 1 is 0.970 bits per heavy atom. The molecule has 0 saturated carbocycles. The molecule has 4 rings (SSSR count). The fourth-order valence-electron chi connectivity index (χ4n) is 3.83. The summed E-state index contributed by atoms with van der Waals surface area (Å²) in [6.45, 7) is 2.01. The minimum Gasteiger partial charge on any atom is -0.508 e. The Bertz CT molecular complexity index is 1310. The van der Waals surface area contributed by atoms with Gasteiger partial charge in [0.25, 0.3) is 0 Å². The third-order valence-corrected chi connectivity index (χ3v) is 5.49. The molecule has 0 amide bonds. The van der Waals surface area contributed by atoms with Crippen molar-refractivity contribution < 1.29 is 24.1 Å². The Kier molecular flexibility index (Phi) is 6.54. The molecule has 0 bridgehead atoms. The standard InChI is InChI=1S/C27H26O6/c1-17(7-6-10-18-8-4-3-5-9-18)32-25-13-19(11-12-23(25)31-2)24-16-22(30)27-21(29)14-20(28)15-26(27)33-24/h3-5,8-9,11-17,28-29H,6-7,10H2,1-2H3. The molecule has 0 aliphatic heterocycles. The largest absolute Gasteiger partial charge is 0.508 e. The number of benzene rings is 3. The number of aryl methyl sites for hydroxylation is 1. The van der Waals surface area contributed by atoms with Gasteiger partial charge in [-0.15, -0.1) is 0 Å². The number of hydrogen-bond donors (Lipinski definition) is 2. The lowest BCUT2D eigenvalue weighted by molar-refractivity contribution is 0.199. The van der Waals surface area contributed by atoms with E-state index in [1.165, 1.54) is 17.7 Å². The van der Waals surface area contributed by atoms with Gasteiger partial charge in [-0.2, -0.15) is 0 Å². The SMILES string of the molecule is COc1ccc(-c2cc(=O)c3c(O)cc(O)cc3o2)cc1OC(C)CCCc1ccccc1. The summed E-state index contributed by atoms with van der Waals surface area (Å²) in [7, 11) is 1.57. The van der Waals surface area contributed by atoms with Gasteiger partial charge in [0.1, 0.15) is 28.2 Å². The summed E-state index contributed by atoms with van der Waals surface area (Å²) in [5.41, 5.74) is 1.61. The van der Waals surface area contributed by atoms with Gasteiger partial charge in [0, 0.05) is 23.8 Å². The second kappa shape index (κ2) is 9.69. The molecule has 3 aromatic carbocycles. The van der Waals surface area contributed by atoms with Crippen molar-refractivity contribution in [3.05, 3.63) is 82.5 Å². The van der Waals surface area contributed by atoms with Crippen LogP contribution in [0, 0.1) is 0 Å². The van der Waals surface area contributed by atoms with Gasteiger partial charge < -0.3 is 24.1 Å². The van der Waals surface area contributed by atoms with Crippen LogP contribution < -0.4 is 14.9 Å². The molecule has 0 spiro atoms. The monoisotopic (exact) mass is 446 g/mol. The molecule has 33 heavy (non-hydrogen) atoms. The maximum atomic E-state index is 12.6. The summed E-state index contributed by atoms with van der Waals surface area (Å²) >= 11 is 0. The van der Waals surface area contributed by atoms with E-state index >= 15 is 0 Å². The normalized spacial score (nSPS) is 11.9. The molecular weight excluding hydrogens is 420 g/mol. The van der Waals surface area contributed by atoms with Gasteiger partial charge in [-0.1, -0.05) is 30.3 Å². The number of aromatic hydroxyl groups is 2. The van der Waals surface area contributed by atoms with Crippen LogP contribution >= 0.6 is 0 Å². The molecule has 6 heteroatoms. The molecular formula is C27H26O6. The van der Waals surface area contributed by atoms with E-state index in [0.717, 1.165) is 25.3 Å². The average molecular weight is 446 g/mol. The van der Waals surface area contributed by atoms with E-state index < -0.39 is 5.43 Å². The number of rotatable bonds is 8. The molecule has 170 valence electrons. The molecule has 2 N–H and O–H groups in total. The molecule has 4 aromatic rings. The van der Waals surface area contributed by atoms with Crippen LogP contribution in [0.5, 0.6) is 23.0 Å². The fraction of sp³-hybridized carbons (Fsp3) is 0.222. The number of hydrogen-bond acceptors (Lipinski definition) is 6. The second-order valence-corrected chi connectivity index (χ2v) is 7.98. The molecule has 6 nitrogen and oxygen atoms in total. The summed E-state index contributed by atoms with van der Waals surface area (Å²) in [6, 6.07) is 19.3. The van der Waals surface area contributed by atoms with Crippen molar-refractivity contribution in [1.29, 1.82) is 0 Å². The molecule has 1 atom stereocenters. The summed E-state index contributed by atoms with van der Waals surface area (Å²) in [4.78, 5) is 12.6. The lowest BCUT2D eigenvalue weighted by Crippen LogP contribution is -2.12. The molecule has 1 aromatic heterocycles. The highest BCUT2D eigenvalue weighted by Gasteiger charge is 2.15. The highest BCUT2D eigenvalue weighted by atomic mass is 16.5. The van der Waals surface area contributed by atoms with Crippen LogP contribution in [0.2, 0.25) is 0 Å². The highest BCUT2D eigenvalue weighted by molar-refractivity contribution is 5.86. The van der Waals surface area contributed by atoms with Crippen molar-refractivity contribution in [3.63, 3.8) is 0 Å². The summed E-state index contributed by atoms with van der Waals surface area (Å²) in [6.07, 6.45) is 2.79. The smallest absolute Gasteiger partial charge is 0.197 e. The fourth-order valence-corrected chi connectivity index (χ4v) is 3.83. The quantitative estimate of drug-likeness (QED) is 0.362. The third kappa shape index (κ3) is 5.12. The summed E-state index contributed by atoms with van der Waals surface area (Å²) in [5.74, 6) is 0.897. The first-order valence-electron chi connectivity index (χ1n) is 10.8. The maximum absolute atomic E-state index is 12.6. The Labute approximate surface area is 191 Å². The zero-order valence-electron chi connectivity index (χ0n) is 18.6. The van der Waals surface area contributed by atoms with Crippen molar-refractivity contribution in [2.24, 2.45) is 0 Å². The van der Waals surface area contributed by atoms with Gasteiger partial charge in [0.05, 0.1) is 13.2 Å². The van der Waals surface area contributed by atoms with Crippen LogP contribution in [0.1, 0.15) is 25.3 Å². The van der Waals surface area contributed by atoms with Crippen LogP contribution in [0.15, 0.2) is 75.9 Å². The maximum Gasteiger partial charge on any atom is 0.197 e. The molecule has 0 radical (unpaired) electrons. The first-order valence-corrected chi connectivity index (χ1v) is 10.8. The number of phenolic OH excluding ortho intramolecular Hbond substituents is 2. The number of methoxy groups -OCH3 is 1. The van der Waals surface area contributed by atoms with Gasteiger partial charge >= 0.3 is 0 Å². The Balaban J connectivity index is 1.56. The van der Waals surface area contributed by atoms with Crippen LogP contribution in [0.3, 0.4) is 0 Å². The lowest BCUT2D eigenvalue weighted by Gasteiger charge is -2.18. The van der Waals surface area contributed by atoms with Crippen molar-refractivity contribution in [2.45, 2.75) is 32.3 Å². The van der Waals surface area contributed by atoms with Gasteiger partial charge in [-0.25, -0.2) is 0 Å². The van der Waals surface area contributed by atoms with Gasteiger partial charge in [-0.3, -0.25) is 4.79 Å². The lowest BCUT2D eigenvalue weighted by atomic mass is 10.1. The minimum absolute atomic E-state index is 0.0218. The van der Waals surface area contributed by atoms with E-state index in [1.54, 1.807) is 25.3 Å². The second-order valence-electron chi connectivity index (χ2n) is 7.98. The van der Waals surface area contributed by atoms with Crippen molar-refractivity contribution >= 4 is 11.0 Å². The number of phenols is 2. The first kappa shape index (κ1) is 22.3. The van der Waals surface area contributed by atoms with E-state index in [-0.39, 0.29) is 28.6 Å². The molecule has 0 fully saturated rings. The van der Waals surface area contributed by atoms with Crippen molar-refractivity contribution in [2.75, 3.05) is 7.11 Å². The third-order valence-electron chi connectivity index (χ3n) is 5.49. The van der Waals surface area contributed by atoms with Crippen LogP contribution in [0.4, 0.5) is 0 Å². The van der Waals surface area contributed by atoms with Crippen LogP contribution in [-0.2, 0) is 6.42 Å². The predicted octanol–water partition coefficient (Wildman–Crippen LogP) is 5.67.